The molecule has 0 aliphatic heterocycles. The standard InChI is InChI=1S/C19H17N5O4/c1-3-23-17-10-13(22(2)26)7-8-15(17)16(11-20)18(23)21-19(25)12-5-4-6-14(9-12)24(27)28/h4-10,26H,3H2,1-2H3,(H-,21,25,27,28)/p+1. The lowest BCUT2D eigenvalue weighted by molar-refractivity contribution is -0.729. The summed E-state index contributed by atoms with van der Waals surface area (Å²) in [6.45, 7) is 2.34. The van der Waals surface area contributed by atoms with Gasteiger partial charge in [0, 0.05) is 36.7 Å². The highest BCUT2D eigenvalue weighted by atomic mass is 16.6. The van der Waals surface area contributed by atoms with E-state index < -0.39 is 5.91 Å². The van der Waals surface area contributed by atoms with Crippen LogP contribution in [0.25, 0.3) is 10.9 Å². The number of rotatable bonds is 5. The van der Waals surface area contributed by atoms with Crippen molar-refractivity contribution in [2.24, 2.45) is 0 Å². The van der Waals surface area contributed by atoms with Crippen LogP contribution in [-0.2, 0) is 6.54 Å². The summed E-state index contributed by atoms with van der Waals surface area (Å²) in [5.74, 6) is -0.215. The molecule has 0 radical (unpaired) electrons. The third-order valence-electron chi connectivity index (χ3n) is 4.41. The lowest BCUT2D eigenvalue weighted by atomic mass is 10.1. The Labute approximate surface area is 160 Å². The number of fused-ring (bicyclic) bond motifs is 1. The molecule has 142 valence electrons. The Kier molecular flexibility index (Phi) is 4.98. The number of anilines is 2. The molecule has 1 amide bonds. The van der Waals surface area contributed by atoms with Crippen LogP contribution < -0.4 is 10.4 Å². The van der Waals surface area contributed by atoms with Crippen LogP contribution >= 0.6 is 0 Å². The Hall–Kier alpha value is -3.90. The minimum Gasteiger partial charge on any atom is -0.326 e. The van der Waals surface area contributed by atoms with Crippen molar-refractivity contribution in [3.05, 3.63) is 58.5 Å². The second kappa shape index (κ2) is 7.38. The molecule has 0 aliphatic carbocycles. The maximum Gasteiger partial charge on any atom is 0.317 e. The van der Waals surface area contributed by atoms with Crippen LogP contribution in [0.5, 0.6) is 0 Å². The van der Waals surface area contributed by atoms with E-state index in [-0.39, 0.29) is 16.2 Å². The highest BCUT2D eigenvalue weighted by Gasteiger charge is 2.21. The Balaban J connectivity index is 2.09. The molecule has 0 bridgehead atoms. The van der Waals surface area contributed by atoms with Crippen molar-refractivity contribution in [1.82, 2.24) is 4.57 Å². The van der Waals surface area contributed by atoms with Gasteiger partial charge in [0.05, 0.1) is 16.1 Å². The Bertz CT molecular complexity index is 1130. The summed E-state index contributed by atoms with van der Waals surface area (Å²) in [7, 11) is 1.49. The van der Waals surface area contributed by atoms with Gasteiger partial charge in [0.25, 0.3) is 10.8 Å². The van der Waals surface area contributed by atoms with Gasteiger partial charge in [0.15, 0.2) is 0 Å². The first-order chi connectivity index (χ1) is 13.4. The van der Waals surface area contributed by atoms with Gasteiger partial charge >= 0.3 is 5.69 Å². The van der Waals surface area contributed by atoms with E-state index in [0.29, 0.717) is 34.5 Å². The van der Waals surface area contributed by atoms with Crippen molar-refractivity contribution in [3.63, 3.8) is 0 Å². The van der Waals surface area contributed by atoms with Crippen LogP contribution in [0.1, 0.15) is 22.8 Å². The zero-order valence-electron chi connectivity index (χ0n) is 15.2. The summed E-state index contributed by atoms with van der Waals surface area (Å²) in [6, 6.07) is 12.8. The Morgan fingerprint density at radius 3 is 2.68 bits per heavy atom. The van der Waals surface area contributed by atoms with Gasteiger partial charge < -0.3 is 9.88 Å². The van der Waals surface area contributed by atoms with E-state index in [1.54, 1.807) is 22.8 Å². The van der Waals surface area contributed by atoms with Crippen LogP contribution in [0, 0.1) is 16.2 Å². The molecule has 1 aromatic heterocycles. The van der Waals surface area contributed by atoms with Gasteiger partial charge in [-0.3, -0.25) is 15.1 Å². The number of benzene rings is 2. The zero-order chi connectivity index (χ0) is 20.4. The molecule has 9 nitrogen and oxygen atoms in total. The quantitative estimate of drug-likeness (QED) is 0.583. The Morgan fingerprint density at radius 2 is 2.07 bits per heavy atom. The molecule has 3 N–H and O–H groups in total. The minimum atomic E-state index is -0.530. The molecule has 9 heteroatoms. The number of aryl methyl sites for hydroxylation is 1. The summed E-state index contributed by atoms with van der Waals surface area (Å²) in [5, 5.41) is 32.7. The molecule has 0 saturated carbocycles. The minimum absolute atomic E-state index is 0.0835. The smallest absolute Gasteiger partial charge is 0.317 e. The van der Waals surface area contributed by atoms with E-state index >= 15 is 0 Å². The maximum absolute atomic E-state index is 12.7. The number of amides is 1. The van der Waals surface area contributed by atoms with Gasteiger partial charge in [-0.2, -0.15) is 5.26 Å². The van der Waals surface area contributed by atoms with Gasteiger partial charge in [-0.05, 0) is 31.2 Å². The number of hydrogen-bond acceptors (Lipinski definition) is 5. The zero-order valence-corrected chi connectivity index (χ0v) is 15.2. The van der Waals surface area contributed by atoms with E-state index in [9.17, 15) is 20.2 Å². The molecule has 0 aliphatic rings. The summed E-state index contributed by atoms with van der Waals surface area (Å²) in [5.41, 5.74) is 1.58. The van der Waals surface area contributed by atoms with Crippen LogP contribution in [0.2, 0.25) is 0 Å². The second-order valence-corrected chi connectivity index (χ2v) is 6.08. The van der Waals surface area contributed by atoms with Crippen LogP contribution in [0.15, 0.2) is 42.5 Å². The molecule has 0 unspecified atom stereocenters. The van der Waals surface area contributed by atoms with Gasteiger partial charge in [-0.1, -0.05) is 6.07 Å². The molecular formula is C19H18N5O4+. The fourth-order valence-electron chi connectivity index (χ4n) is 3.06. The predicted octanol–water partition coefficient (Wildman–Crippen LogP) is 3.41. The third-order valence-corrected chi connectivity index (χ3v) is 4.41. The summed E-state index contributed by atoms with van der Waals surface area (Å²) in [6.07, 6.45) is 0. The predicted molar refractivity (Wildman–Crippen MR) is 102 cm³/mol. The van der Waals surface area contributed by atoms with Crippen molar-refractivity contribution in [1.29, 1.82) is 5.26 Å². The average molecular weight is 380 g/mol. The summed E-state index contributed by atoms with van der Waals surface area (Å²) >= 11 is 0. The summed E-state index contributed by atoms with van der Waals surface area (Å²) in [4.78, 5) is 23.4. The molecule has 3 aromatic rings. The van der Waals surface area contributed by atoms with Crippen molar-refractivity contribution in [3.8, 4) is 6.07 Å². The fraction of sp³-hybridized carbons (Fsp3) is 0.158. The van der Waals surface area contributed by atoms with Gasteiger partial charge in [0.1, 0.15) is 17.5 Å². The summed E-state index contributed by atoms with van der Waals surface area (Å²) < 4.78 is 1.76. The average Bonchev–Trinajstić information content (AvgIpc) is 2.99. The highest BCUT2D eigenvalue weighted by Crippen LogP contribution is 2.32. The van der Waals surface area contributed by atoms with Crippen molar-refractivity contribution >= 4 is 34.0 Å². The number of nitrogens with one attached hydrogen (secondary N) is 1. The monoisotopic (exact) mass is 380 g/mol. The SMILES string of the molecule is CCn1c(NC(=O)c2cccc([N+](=O)O)c2)c(C#N)c2ccc(N(C)O)cc21. The number of carbonyl (C=O) groups is 1. The number of aromatic nitrogens is 1. The molecule has 2 aromatic carbocycles. The van der Waals surface area contributed by atoms with Gasteiger partial charge in [0.2, 0.25) is 0 Å². The first kappa shape index (κ1) is 18.9. The molecule has 3 rings (SSSR count). The molecule has 1 heterocycles. The molecule has 0 spiro atoms. The fourth-order valence-corrected chi connectivity index (χ4v) is 3.06. The van der Waals surface area contributed by atoms with E-state index in [0.717, 1.165) is 5.06 Å². The highest BCUT2D eigenvalue weighted by molar-refractivity contribution is 6.07. The lowest BCUT2D eigenvalue weighted by Crippen LogP contribution is -2.16. The van der Waals surface area contributed by atoms with E-state index in [4.69, 9.17) is 5.21 Å². The molecule has 0 atom stereocenters. The topological polar surface area (TPSA) is 122 Å². The molecular weight excluding hydrogens is 362 g/mol. The first-order valence-corrected chi connectivity index (χ1v) is 8.43. The van der Waals surface area contributed by atoms with E-state index in [1.165, 1.54) is 31.3 Å². The van der Waals surface area contributed by atoms with Crippen molar-refractivity contribution < 1.29 is 20.1 Å². The second-order valence-electron chi connectivity index (χ2n) is 6.08. The normalized spacial score (nSPS) is 10.5. The maximum atomic E-state index is 12.7. The lowest BCUT2D eigenvalue weighted by Gasteiger charge is -2.12. The van der Waals surface area contributed by atoms with Crippen LogP contribution in [0.4, 0.5) is 17.2 Å². The first-order valence-electron chi connectivity index (χ1n) is 8.43. The number of nitriles is 1. The number of carbonyl (C=O) groups excluding carboxylic acids is 1. The van der Waals surface area contributed by atoms with Crippen molar-refractivity contribution in [2.75, 3.05) is 17.4 Å². The molecule has 0 saturated heterocycles. The number of hydroxylamine groups is 1. The van der Waals surface area contributed by atoms with E-state index in [1.807, 2.05) is 6.92 Å². The molecule has 0 fully saturated rings. The van der Waals surface area contributed by atoms with Gasteiger partial charge in [-0.15, -0.1) is 0 Å². The third kappa shape index (κ3) is 3.24. The largest absolute Gasteiger partial charge is 0.326 e. The van der Waals surface area contributed by atoms with Crippen LogP contribution in [-0.4, -0.2) is 32.9 Å². The number of hydrogen-bond donors (Lipinski definition) is 3. The molecule has 28 heavy (non-hydrogen) atoms. The van der Waals surface area contributed by atoms with Gasteiger partial charge in [-0.25, -0.2) is 5.21 Å². The van der Waals surface area contributed by atoms with E-state index in [2.05, 4.69) is 11.4 Å². The Morgan fingerprint density at radius 1 is 1.32 bits per heavy atom. The number of nitrogens with zero attached hydrogens (tertiary/aromatic N) is 4. The van der Waals surface area contributed by atoms with Crippen LogP contribution in [0.3, 0.4) is 0 Å². The van der Waals surface area contributed by atoms with Crippen molar-refractivity contribution in [2.45, 2.75) is 13.5 Å².